The van der Waals surface area contributed by atoms with E-state index in [1.165, 1.54) is 6.21 Å². The minimum atomic E-state index is -2.44. The van der Waals surface area contributed by atoms with Crippen molar-refractivity contribution in [3.05, 3.63) is 53.5 Å². The highest BCUT2D eigenvalue weighted by atomic mass is 32.2. The number of thioether (sulfide) groups is 1. The molecule has 0 saturated carbocycles. The summed E-state index contributed by atoms with van der Waals surface area (Å²) in [6, 6.07) is 10.8. The van der Waals surface area contributed by atoms with E-state index in [1.807, 2.05) is 31.2 Å². The average molecular weight is 353 g/mol. The van der Waals surface area contributed by atoms with Crippen molar-refractivity contribution in [3.8, 4) is 0 Å². The molecule has 1 aromatic carbocycles. The molecule has 1 heterocycles. The lowest BCUT2D eigenvalue weighted by Crippen LogP contribution is -2.25. The number of carbonyl (C=O) groups is 1. The summed E-state index contributed by atoms with van der Waals surface area (Å²) in [7, 11) is 0. The van der Waals surface area contributed by atoms with E-state index in [2.05, 4.69) is 15.8 Å². The first-order valence-electron chi connectivity index (χ1n) is 7.14. The molecule has 0 bridgehead atoms. The molecule has 0 aliphatic carbocycles. The Balaban J connectivity index is 1.72. The number of hydrogen-bond donors (Lipinski definition) is 2. The van der Waals surface area contributed by atoms with Crippen LogP contribution in [-0.2, 0) is 10.5 Å². The number of nitrogens with one attached hydrogen (secondary N) is 2. The van der Waals surface area contributed by atoms with Crippen molar-refractivity contribution >= 4 is 29.6 Å². The summed E-state index contributed by atoms with van der Waals surface area (Å²) in [6.45, 7) is 2.06. The molecule has 8 heteroatoms. The number of furan rings is 1. The second-order valence-electron chi connectivity index (χ2n) is 4.89. The lowest BCUT2D eigenvalue weighted by atomic mass is 10.2. The summed E-state index contributed by atoms with van der Waals surface area (Å²) in [4.78, 5) is 11.7. The number of hydrazone groups is 1. The largest absolute Gasteiger partial charge is 0.459 e. The Kier molecular flexibility index (Phi) is 6.80. The normalized spacial score (nSPS) is 11.2. The molecule has 0 aliphatic rings. The smallest absolute Gasteiger partial charge is 0.284 e. The number of nitrogens with zero attached hydrogens (tertiary/aromatic N) is 1. The van der Waals surface area contributed by atoms with Gasteiger partial charge in [0.05, 0.1) is 18.5 Å². The molecule has 1 amide bonds. The predicted octanol–water partition coefficient (Wildman–Crippen LogP) is 3.61. The van der Waals surface area contributed by atoms with E-state index in [0.717, 1.165) is 11.3 Å². The van der Waals surface area contributed by atoms with Crippen LogP contribution >= 0.6 is 11.8 Å². The van der Waals surface area contributed by atoms with E-state index in [0.29, 0.717) is 23.3 Å². The van der Waals surface area contributed by atoms with Gasteiger partial charge in [-0.05, 0) is 31.2 Å². The zero-order valence-electron chi connectivity index (χ0n) is 13.0. The molecule has 2 rings (SSSR count). The van der Waals surface area contributed by atoms with Gasteiger partial charge in [0, 0.05) is 5.69 Å². The van der Waals surface area contributed by atoms with Crippen molar-refractivity contribution in [1.29, 1.82) is 0 Å². The van der Waals surface area contributed by atoms with Crippen molar-refractivity contribution in [2.75, 3.05) is 11.9 Å². The Morgan fingerprint density at radius 3 is 2.75 bits per heavy atom. The Labute approximate surface area is 142 Å². The Bertz CT molecular complexity index is 687. The van der Waals surface area contributed by atoms with Crippen molar-refractivity contribution in [2.24, 2.45) is 5.10 Å². The first-order chi connectivity index (χ1) is 11.5. The van der Waals surface area contributed by atoms with Crippen molar-refractivity contribution < 1.29 is 18.0 Å². The highest BCUT2D eigenvalue weighted by Crippen LogP contribution is 2.20. The number of halogens is 2. The zero-order chi connectivity index (χ0) is 17.4. The van der Waals surface area contributed by atoms with E-state index in [1.54, 1.807) is 12.1 Å². The predicted molar refractivity (Wildman–Crippen MR) is 91.4 cm³/mol. The molecule has 0 spiro atoms. The van der Waals surface area contributed by atoms with Crippen LogP contribution in [-0.4, -0.2) is 24.4 Å². The molecule has 5 nitrogen and oxygen atoms in total. The molecule has 0 radical (unpaired) electrons. The fourth-order valence-corrected chi connectivity index (χ4v) is 2.19. The Morgan fingerprint density at radius 2 is 2.04 bits per heavy atom. The zero-order valence-corrected chi connectivity index (χ0v) is 13.8. The van der Waals surface area contributed by atoms with E-state index in [4.69, 9.17) is 4.42 Å². The lowest BCUT2D eigenvalue weighted by Gasteiger charge is -2.05. The SMILES string of the molecule is Cc1ccc(NCC(=O)N/N=C\c2ccc(CSC(F)F)o2)cc1. The van der Waals surface area contributed by atoms with Gasteiger partial charge in [0.1, 0.15) is 11.5 Å². The molecular formula is C16H17F2N3O2S. The summed E-state index contributed by atoms with van der Waals surface area (Å²) in [5.41, 5.74) is 4.33. The second kappa shape index (κ2) is 9.07. The van der Waals surface area contributed by atoms with Crippen molar-refractivity contribution in [2.45, 2.75) is 18.4 Å². The molecule has 1 aromatic heterocycles. The number of alkyl halides is 2. The molecule has 24 heavy (non-hydrogen) atoms. The number of benzene rings is 1. The summed E-state index contributed by atoms with van der Waals surface area (Å²) in [6.07, 6.45) is 1.32. The highest BCUT2D eigenvalue weighted by molar-refractivity contribution is 7.98. The number of hydrogen-bond acceptors (Lipinski definition) is 5. The molecule has 2 aromatic rings. The van der Waals surface area contributed by atoms with E-state index < -0.39 is 5.76 Å². The molecular weight excluding hydrogens is 336 g/mol. The highest BCUT2D eigenvalue weighted by Gasteiger charge is 2.06. The Hall–Kier alpha value is -2.35. The van der Waals surface area contributed by atoms with Crippen LogP contribution in [0, 0.1) is 6.92 Å². The molecule has 0 saturated heterocycles. The van der Waals surface area contributed by atoms with Crippen LogP contribution in [0.15, 0.2) is 45.9 Å². The van der Waals surface area contributed by atoms with Crippen LogP contribution in [0.3, 0.4) is 0 Å². The average Bonchev–Trinajstić information content (AvgIpc) is 3.00. The van der Waals surface area contributed by atoms with E-state index in [-0.39, 0.29) is 18.2 Å². The summed E-state index contributed by atoms with van der Waals surface area (Å²) in [5.74, 6) is -1.86. The van der Waals surface area contributed by atoms with E-state index >= 15 is 0 Å². The van der Waals surface area contributed by atoms with Gasteiger partial charge < -0.3 is 9.73 Å². The minimum Gasteiger partial charge on any atom is -0.459 e. The van der Waals surface area contributed by atoms with Gasteiger partial charge in [-0.2, -0.15) is 13.9 Å². The molecule has 0 unspecified atom stereocenters. The number of rotatable bonds is 8. The second-order valence-corrected chi connectivity index (χ2v) is 5.87. The van der Waals surface area contributed by atoms with Gasteiger partial charge in [-0.1, -0.05) is 29.5 Å². The number of aryl methyl sites for hydroxylation is 1. The summed E-state index contributed by atoms with van der Waals surface area (Å²) >= 11 is 0.482. The van der Waals surface area contributed by atoms with Gasteiger partial charge >= 0.3 is 0 Å². The maximum atomic E-state index is 12.1. The molecule has 0 fully saturated rings. The fourth-order valence-electron chi connectivity index (χ4n) is 1.75. The minimum absolute atomic E-state index is 0.0782. The third-order valence-corrected chi connectivity index (χ3v) is 3.62. The first-order valence-corrected chi connectivity index (χ1v) is 8.19. The van der Waals surface area contributed by atoms with E-state index in [9.17, 15) is 13.6 Å². The van der Waals surface area contributed by atoms with Crippen LogP contribution in [0.5, 0.6) is 0 Å². The lowest BCUT2D eigenvalue weighted by molar-refractivity contribution is -0.119. The third kappa shape index (κ3) is 6.41. The maximum absolute atomic E-state index is 12.1. The van der Waals surface area contributed by atoms with Crippen molar-refractivity contribution in [1.82, 2.24) is 5.43 Å². The van der Waals surface area contributed by atoms with Gasteiger partial charge in [-0.15, -0.1) is 0 Å². The first kappa shape index (κ1) is 18.0. The molecule has 0 aliphatic heterocycles. The monoisotopic (exact) mass is 353 g/mol. The molecule has 2 N–H and O–H groups in total. The molecule has 128 valence electrons. The fraction of sp³-hybridized carbons (Fsp3) is 0.250. The van der Waals surface area contributed by atoms with Gasteiger partial charge in [-0.25, -0.2) is 5.43 Å². The topological polar surface area (TPSA) is 66.6 Å². The van der Waals surface area contributed by atoms with Gasteiger partial charge in [0.25, 0.3) is 11.7 Å². The number of anilines is 1. The number of carbonyl (C=O) groups excluding carboxylic acids is 1. The van der Waals surface area contributed by atoms with Crippen LogP contribution in [0.1, 0.15) is 17.1 Å². The molecule has 0 atom stereocenters. The van der Waals surface area contributed by atoms with Gasteiger partial charge in [-0.3, -0.25) is 4.79 Å². The summed E-state index contributed by atoms with van der Waals surface area (Å²) in [5, 5.41) is 6.73. The number of amides is 1. The van der Waals surface area contributed by atoms with Gasteiger partial charge in [0.15, 0.2) is 0 Å². The summed E-state index contributed by atoms with van der Waals surface area (Å²) < 4.78 is 29.4. The third-order valence-electron chi connectivity index (χ3n) is 2.92. The van der Waals surface area contributed by atoms with Crippen LogP contribution < -0.4 is 10.7 Å². The van der Waals surface area contributed by atoms with Crippen LogP contribution in [0.4, 0.5) is 14.5 Å². The quantitative estimate of drug-likeness (QED) is 0.562. The Morgan fingerprint density at radius 1 is 1.29 bits per heavy atom. The maximum Gasteiger partial charge on any atom is 0.284 e. The van der Waals surface area contributed by atoms with Crippen LogP contribution in [0.2, 0.25) is 0 Å². The standard InChI is InChI=1S/C16H17F2N3O2S/c1-11-2-4-12(5-3-11)19-9-15(22)21-20-8-13-6-7-14(23-13)10-24-16(17)18/h2-8,16,19H,9-10H2,1H3,(H,21,22)/b20-8-. The van der Waals surface area contributed by atoms with Crippen LogP contribution in [0.25, 0.3) is 0 Å². The van der Waals surface area contributed by atoms with Gasteiger partial charge in [0.2, 0.25) is 0 Å². The van der Waals surface area contributed by atoms with Crippen molar-refractivity contribution in [3.63, 3.8) is 0 Å².